The molecule has 1 aromatic carbocycles. The maximum Gasteiger partial charge on any atom is 0.166 e. The average Bonchev–Trinajstić information content (AvgIpc) is 2.35. The first kappa shape index (κ1) is 12.4. The molecule has 3 nitrogen and oxygen atoms in total. The zero-order chi connectivity index (χ0) is 13.1. The highest BCUT2D eigenvalue weighted by molar-refractivity contribution is 5.45. The molecule has 2 rings (SSSR count). The van der Waals surface area contributed by atoms with E-state index in [1.54, 1.807) is 24.4 Å². The largest absolute Gasteiger partial charge is 0.482 e. The van der Waals surface area contributed by atoms with Crippen LogP contribution in [-0.2, 0) is 0 Å². The number of hydrogen-bond acceptors (Lipinski definition) is 3. The van der Waals surface area contributed by atoms with Crippen molar-refractivity contribution in [2.75, 3.05) is 5.73 Å². The summed E-state index contributed by atoms with van der Waals surface area (Å²) in [7, 11) is 0. The molecule has 0 aliphatic heterocycles. The molecule has 0 fully saturated rings. The highest BCUT2D eigenvalue weighted by Crippen LogP contribution is 2.27. The van der Waals surface area contributed by atoms with Crippen LogP contribution in [0.1, 0.15) is 24.2 Å². The van der Waals surface area contributed by atoms with E-state index in [-0.39, 0.29) is 11.9 Å². The maximum atomic E-state index is 13.2. The number of aryl methyl sites for hydroxylation is 1. The van der Waals surface area contributed by atoms with Crippen molar-refractivity contribution >= 4 is 5.82 Å². The molecular weight excluding hydrogens is 231 g/mol. The quantitative estimate of drug-likeness (QED) is 0.904. The summed E-state index contributed by atoms with van der Waals surface area (Å²) in [5.74, 6) is 0.567. The number of pyridine rings is 1. The molecular formula is C14H15FN2O. The molecule has 0 saturated heterocycles. The van der Waals surface area contributed by atoms with E-state index < -0.39 is 0 Å². The van der Waals surface area contributed by atoms with Gasteiger partial charge in [-0.3, -0.25) is 0 Å². The molecule has 0 aliphatic rings. The Bertz CT molecular complexity index is 557. The topological polar surface area (TPSA) is 48.1 Å². The Morgan fingerprint density at radius 1 is 1.33 bits per heavy atom. The van der Waals surface area contributed by atoms with Crippen LogP contribution in [0.3, 0.4) is 0 Å². The summed E-state index contributed by atoms with van der Waals surface area (Å²) in [6, 6.07) is 8.14. The lowest BCUT2D eigenvalue weighted by atomic mass is 10.0. The van der Waals surface area contributed by atoms with E-state index in [1.165, 1.54) is 12.1 Å². The molecule has 0 amide bonds. The normalized spacial score (nSPS) is 12.2. The fraction of sp³-hybridized carbons (Fsp3) is 0.214. The van der Waals surface area contributed by atoms with Crippen LogP contribution in [0.4, 0.5) is 10.2 Å². The van der Waals surface area contributed by atoms with Gasteiger partial charge in [-0.05, 0) is 49.2 Å². The minimum absolute atomic E-state index is 0.273. The van der Waals surface area contributed by atoms with Gasteiger partial charge >= 0.3 is 0 Å². The molecule has 4 heteroatoms. The van der Waals surface area contributed by atoms with Gasteiger partial charge in [-0.1, -0.05) is 6.07 Å². The molecule has 1 heterocycles. The monoisotopic (exact) mass is 246 g/mol. The second-order valence-corrected chi connectivity index (χ2v) is 4.15. The van der Waals surface area contributed by atoms with Crippen molar-refractivity contribution in [3.05, 3.63) is 53.5 Å². The van der Waals surface area contributed by atoms with E-state index in [4.69, 9.17) is 10.5 Å². The van der Waals surface area contributed by atoms with Crippen molar-refractivity contribution in [1.82, 2.24) is 4.98 Å². The van der Waals surface area contributed by atoms with Gasteiger partial charge in [-0.15, -0.1) is 0 Å². The number of hydrogen-bond donors (Lipinski definition) is 1. The molecule has 1 atom stereocenters. The summed E-state index contributed by atoms with van der Waals surface area (Å²) in [6.45, 7) is 3.77. The van der Waals surface area contributed by atoms with Gasteiger partial charge in [-0.25, -0.2) is 9.37 Å². The van der Waals surface area contributed by atoms with E-state index in [1.807, 2.05) is 13.8 Å². The molecule has 0 bridgehead atoms. The maximum absolute atomic E-state index is 13.2. The minimum Gasteiger partial charge on any atom is -0.482 e. The summed E-state index contributed by atoms with van der Waals surface area (Å²) in [6.07, 6.45) is 1.31. The predicted octanol–water partition coefficient (Wildman–Crippen LogP) is 3.25. The first-order valence-corrected chi connectivity index (χ1v) is 5.71. The summed E-state index contributed by atoms with van der Waals surface area (Å²) in [5, 5.41) is 0. The molecule has 2 N–H and O–H groups in total. The Balaban J connectivity index is 2.25. The van der Waals surface area contributed by atoms with Crippen molar-refractivity contribution in [3.8, 4) is 5.75 Å². The second kappa shape index (κ2) is 5.04. The molecule has 0 unspecified atom stereocenters. The van der Waals surface area contributed by atoms with Crippen molar-refractivity contribution in [3.63, 3.8) is 0 Å². The van der Waals surface area contributed by atoms with Crippen LogP contribution in [0.5, 0.6) is 5.75 Å². The number of rotatable bonds is 3. The van der Waals surface area contributed by atoms with Crippen molar-refractivity contribution in [2.24, 2.45) is 0 Å². The first-order valence-electron chi connectivity index (χ1n) is 5.71. The second-order valence-electron chi connectivity index (χ2n) is 4.15. The lowest BCUT2D eigenvalue weighted by Crippen LogP contribution is -2.07. The van der Waals surface area contributed by atoms with Crippen LogP contribution >= 0.6 is 0 Å². The molecule has 1 aromatic heterocycles. The summed E-state index contributed by atoms with van der Waals surface area (Å²) >= 11 is 0. The van der Waals surface area contributed by atoms with Crippen molar-refractivity contribution in [2.45, 2.75) is 20.0 Å². The van der Waals surface area contributed by atoms with Gasteiger partial charge in [0.05, 0.1) is 0 Å². The third-order valence-corrected chi connectivity index (χ3v) is 2.78. The van der Waals surface area contributed by atoms with Crippen LogP contribution in [0.25, 0.3) is 0 Å². The van der Waals surface area contributed by atoms with Gasteiger partial charge < -0.3 is 10.5 Å². The van der Waals surface area contributed by atoms with Crippen LogP contribution in [0, 0.1) is 12.7 Å². The van der Waals surface area contributed by atoms with Crippen molar-refractivity contribution in [1.29, 1.82) is 0 Å². The minimum atomic E-state index is -0.285. The van der Waals surface area contributed by atoms with Gasteiger partial charge in [-0.2, -0.15) is 0 Å². The Morgan fingerprint density at radius 2 is 2.11 bits per heavy atom. The number of nitrogen functional groups attached to an aromatic ring is 1. The van der Waals surface area contributed by atoms with Crippen LogP contribution in [0.2, 0.25) is 0 Å². The van der Waals surface area contributed by atoms with Gasteiger partial charge in [0.1, 0.15) is 11.9 Å². The third kappa shape index (κ3) is 2.59. The van der Waals surface area contributed by atoms with Gasteiger partial charge in [0.2, 0.25) is 0 Å². The number of anilines is 1. The number of nitrogens with two attached hydrogens (primary N) is 1. The van der Waals surface area contributed by atoms with E-state index >= 15 is 0 Å². The standard InChI is InChI=1S/C14H15FN2O/c1-9-5-6-11(15)8-12(9)10(2)18-13-4-3-7-17-14(13)16/h3-8,10H,1-2H3,(H2,16,17)/t10-/m1/s1. The number of nitrogens with zero attached hydrogens (tertiary/aromatic N) is 1. The average molecular weight is 246 g/mol. The molecule has 18 heavy (non-hydrogen) atoms. The fourth-order valence-electron chi connectivity index (χ4n) is 1.81. The lowest BCUT2D eigenvalue weighted by Gasteiger charge is -2.17. The molecule has 0 spiro atoms. The Hall–Kier alpha value is -2.10. The van der Waals surface area contributed by atoms with Gasteiger partial charge in [0, 0.05) is 6.20 Å². The smallest absolute Gasteiger partial charge is 0.166 e. The molecule has 0 radical (unpaired) electrons. The van der Waals surface area contributed by atoms with E-state index in [9.17, 15) is 4.39 Å². The fourth-order valence-corrected chi connectivity index (χ4v) is 1.81. The zero-order valence-electron chi connectivity index (χ0n) is 10.4. The van der Waals surface area contributed by atoms with Gasteiger partial charge in [0.15, 0.2) is 11.6 Å². The number of halogens is 1. The van der Waals surface area contributed by atoms with Crippen LogP contribution < -0.4 is 10.5 Å². The third-order valence-electron chi connectivity index (χ3n) is 2.78. The van der Waals surface area contributed by atoms with Gasteiger partial charge in [0.25, 0.3) is 0 Å². The molecule has 0 saturated carbocycles. The van der Waals surface area contributed by atoms with E-state index in [2.05, 4.69) is 4.98 Å². The summed E-state index contributed by atoms with van der Waals surface area (Å²) in [5.41, 5.74) is 7.49. The summed E-state index contributed by atoms with van der Waals surface area (Å²) in [4.78, 5) is 3.94. The Morgan fingerprint density at radius 3 is 2.83 bits per heavy atom. The Labute approximate surface area is 105 Å². The van der Waals surface area contributed by atoms with Crippen LogP contribution in [-0.4, -0.2) is 4.98 Å². The summed E-state index contributed by atoms with van der Waals surface area (Å²) < 4.78 is 18.9. The van der Waals surface area contributed by atoms with Crippen LogP contribution in [0.15, 0.2) is 36.5 Å². The molecule has 0 aliphatic carbocycles. The number of benzene rings is 1. The predicted molar refractivity (Wildman–Crippen MR) is 68.8 cm³/mol. The van der Waals surface area contributed by atoms with E-state index in [0.29, 0.717) is 11.6 Å². The van der Waals surface area contributed by atoms with E-state index in [0.717, 1.165) is 11.1 Å². The molecule has 2 aromatic rings. The number of ether oxygens (including phenoxy) is 1. The molecule has 94 valence electrons. The Kier molecular flexibility index (Phi) is 3.46. The zero-order valence-corrected chi connectivity index (χ0v) is 10.4. The highest BCUT2D eigenvalue weighted by Gasteiger charge is 2.12. The lowest BCUT2D eigenvalue weighted by molar-refractivity contribution is 0.226. The SMILES string of the molecule is Cc1ccc(F)cc1[C@@H](C)Oc1cccnc1N. The highest BCUT2D eigenvalue weighted by atomic mass is 19.1. The van der Waals surface area contributed by atoms with Crippen molar-refractivity contribution < 1.29 is 9.13 Å². The first-order chi connectivity index (χ1) is 8.58. The number of aromatic nitrogens is 1.